The Hall–Kier alpha value is -3.25. The average Bonchev–Trinajstić information content (AvgIpc) is 2.84. The van der Waals surface area contributed by atoms with Gasteiger partial charge in [0.1, 0.15) is 18.2 Å². The van der Waals surface area contributed by atoms with E-state index in [9.17, 15) is 9.18 Å². The standard InChI is InChI=1S/C27H30FN3O2/c1-20(32)30-27(26-8-4-5-15-29-26)22-13-16-31(17-14-22)18-21-9-11-24(12-10-21)33-19-23-6-2-3-7-25(23)28/h2-12,15,22,27H,13-14,16-19H2,1H3,(H,30,32). The first kappa shape index (κ1) is 22.9. The lowest BCUT2D eigenvalue weighted by Crippen LogP contribution is -2.40. The molecule has 0 spiro atoms. The van der Waals surface area contributed by atoms with Crippen molar-refractivity contribution >= 4 is 5.91 Å². The fraction of sp³-hybridized carbons (Fsp3) is 0.333. The highest BCUT2D eigenvalue weighted by molar-refractivity contribution is 5.73. The summed E-state index contributed by atoms with van der Waals surface area (Å²) in [6, 6.07) is 20.5. The van der Waals surface area contributed by atoms with Crippen molar-refractivity contribution in [1.29, 1.82) is 0 Å². The molecule has 1 saturated heterocycles. The van der Waals surface area contributed by atoms with Gasteiger partial charge in [0.05, 0.1) is 11.7 Å². The van der Waals surface area contributed by atoms with Gasteiger partial charge in [-0.2, -0.15) is 0 Å². The number of aromatic nitrogens is 1. The molecule has 5 nitrogen and oxygen atoms in total. The van der Waals surface area contributed by atoms with Gasteiger partial charge in [-0.05, 0) is 67.7 Å². The van der Waals surface area contributed by atoms with Gasteiger partial charge in [0.2, 0.25) is 5.91 Å². The Bertz CT molecular complexity index is 1030. The fourth-order valence-electron chi connectivity index (χ4n) is 4.38. The van der Waals surface area contributed by atoms with Gasteiger partial charge < -0.3 is 10.1 Å². The fourth-order valence-corrected chi connectivity index (χ4v) is 4.38. The van der Waals surface area contributed by atoms with Crippen molar-refractivity contribution in [2.75, 3.05) is 13.1 Å². The number of nitrogens with zero attached hydrogens (tertiary/aromatic N) is 2. The molecular weight excluding hydrogens is 417 g/mol. The molecule has 0 aliphatic carbocycles. The van der Waals surface area contributed by atoms with Crippen LogP contribution in [0, 0.1) is 11.7 Å². The predicted molar refractivity (Wildman–Crippen MR) is 126 cm³/mol. The second-order valence-electron chi connectivity index (χ2n) is 8.57. The van der Waals surface area contributed by atoms with Crippen LogP contribution in [-0.4, -0.2) is 28.9 Å². The number of hydrogen-bond donors (Lipinski definition) is 1. The second-order valence-corrected chi connectivity index (χ2v) is 8.57. The highest BCUT2D eigenvalue weighted by atomic mass is 19.1. The number of likely N-dealkylation sites (tertiary alicyclic amines) is 1. The van der Waals surface area contributed by atoms with E-state index in [1.165, 1.54) is 11.6 Å². The maximum atomic E-state index is 13.7. The molecule has 2 aromatic carbocycles. The van der Waals surface area contributed by atoms with Crippen molar-refractivity contribution < 1.29 is 13.9 Å². The lowest BCUT2D eigenvalue weighted by atomic mass is 9.87. The van der Waals surface area contributed by atoms with Crippen molar-refractivity contribution in [3.05, 3.63) is 95.6 Å². The smallest absolute Gasteiger partial charge is 0.217 e. The summed E-state index contributed by atoms with van der Waals surface area (Å²) >= 11 is 0. The van der Waals surface area contributed by atoms with Crippen molar-refractivity contribution in [3.63, 3.8) is 0 Å². The molecule has 172 valence electrons. The first-order chi connectivity index (χ1) is 16.1. The number of benzene rings is 2. The van der Waals surface area contributed by atoms with E-state index in [0.29, 0.717) is 11.5 Å². The molecule has 0 bridgehead atoms. The molecule has 1 fully saturated rings. The van der Waals surface area contributed by atoms with Crippen LogP contribution >= 0.6 is 0 Å². The molecule has 1 aliphatic rings. The number of hydrogen-bond acceptors (Lipinski definition) is 4. The SMILES string of the molecule is CC(=O)NC(c1ccccn1)C1CCN(Cc2ccc(OCc3ccccc3F)cc2)CC1. The second kappa shape index (κ2) is 11.1. The number of nitrogens with one attached hydrogen (secondary N) is 1. The molecule has 1 amide bonds. The summed E-state index contributed by atoms with van der Waals surface area (Å²) in [6.45, 7) is 4.59. The monoisotopic (exact) mass is 447 g/mol. The average molecular weight is 448 g/mol. The van der Waals surface area contributed by atoms with E-state index in [-0.39, 0.29) is 24.4 Å². The molecule has 1 N–H and O–H groups in total. The van der Waals surface area contributed by atoms with Gasteiger partial charge in [0, 0.05) is 25.2 Å². The summed E-state index contributed by atoms with van der Waals surface area (Å²) in [5.41, 5.74) is 2.69. The third-order valence-electron chi connectivity index (χ3n) is 6.15. The van der Waals surface area contributed by atoms with E-state index in [1.807, 2.05) is 36.4 Å². The Kier molecular flexibility index (Phi) is 7.68. The highest BCUT2D eigenvalue weighted by Gasteiger charge is 2.29. The maximum Gasteiger partial charge on any atom is 0.217 e. The predicted octanol–water partition coefficient (Wildman–Crippen LogP) is 4.89. The van der Waals surface area contributed by atoms with E-state index in [4.69, 9.17) is 4.74 Å². The normalized spacial score (nSPS) is 15.7. The maximum absolute atomic E-state index is 13.7. The van der Waals surface area contributed by atoms with Crippen LogP contribution in [0.4, 0.5) is 4.39 Å². The lowest BCUT2D eigenvalue weighted by molar-refractivity contribution is -0.120. The Labute approximate surface area is 194 Å². The van der Waals surface area contributed by atoms with E-state index in [0.717, 1.165) is 43.9 Å². The van der Waals surface area contributed by atoms with Crippen LogP contribution in [-0.2, 0) is 17.9 Å². The summed E-state index contributed by atoms with van der Waals surface area (Å²) in [4.78, 5) is 18.7. The molecule has 1 aliphatic heterocycles. The van der Waals surface area contributed by atoms with Gasteiger partial charge >= 0.3 is 0 Å². The molecular formula is C27H30FN3O2. The van der Waals surface area contributed by atoms with Crippen LogP contribution in [0.1, 0.15) is 42.6 Å². The minimum atomic E-state index is -0.249. The van der Waals surface area contributed by atoms with Gasteiger partial charge in [0.15, 0.2) is 0 Å². The van der Waals surface area contributed by atoms with Gasteiger partial charge in [0.25, 0.3) is 0 Å². The molecule has 1 unspecified atom stereocenters. The van der Waals surface area contributed by atoms with E-state index < -0.39 is 0 Å². The Morgan fingerprint density at radius 1 is 1.09 bits per heavy atom. The molecule has 33 heavy (non-hydrogen) atoms. The van der Waals surface area contributed by atoms with Crippen molar-refractivity contribution in [3.8, 4) is 5.75 Å². The number of pyridine rings is 1. The summed E-state index contributed by atoms with van der Waals surface area (Å²) in [5, 5.41) is 3.11. The third-order valence-corrected chi connectivity index (χ3v) is 6.15. The van der Waals surface area contributed by atoms with E-state index >= 15 is 0 Å². The number of carbonyl (C=O) groups excluding carboxylic acids is 1. The Balaban J connectivity index is 1.28. The first-order valence-corrected chi connectivity index (χ1v) is 11.4. The number of ether oxygens (including phenoxy) is 1. The number of halogens is 1. The minimum Gasteiger partial charge on any atom is -0.489 e. The zero-order chi connectivity index (χ0) is 23.0. The van der Waals surface area contributed by atoms with Crippen LogP contribution < -0.4 is 10.1 Å². The first-order valence-electron chi connectivity index (χ1n) is 11.4. The van der Waals surface area contributed by atoms with Crippen LogP contribution in [0.15, 0.2) is 72.9 Å². The minimum absolute atomic E-state index is 0.0228. The zero-order valence-corrected chi connectivity index (χ0v) is 18.9. The number of amides is 1. The Morgan fingerprint density at radius 3 is 2.48 bits per heavy atom. The lowest BCUT2D eigenvalue weighted by Gasteiger charge is -2.36. The summed E-state index contributed by atoms with van der Waals surface area (Å²) < 4.78 is 19.5. The molecule has 4 rings (SSSR count). The summed E-state index contributed by atoms with van der Waals surface area (Å²) in [5.74, 6) is 0.829. The van der Waals surface area contributed by atoms with Crippen molar-refractivity contribution in [1.82, 2.24) is 15.2 Å². The van der Waals surface area contributed by atoms with Crippen molar-refractivity contribution in [2.24, 2.45) is 5.92 Å². The Morgan fingerprint density at radius 2 is 1.82 bits per heavy atom. The third kappa shape index (κ3) is 6.39. The largest absolute Gasteiger partial charge is 0.489 e. The summed E-state index contributed by atoms with van der Waals surface area (Å²) in [7, 11) is 0. The molecule has 6 heteroatoms. The highest BCUT2D eigenvalue weighted by Crippen LogP contribution is 2.30. The van der Waals surface area contributed by atoms with Crippen LogP contribution in [0.5, 0.6) is 5.75 Å². The molecule has 1 aromatic heterocycles. The number of rotatable bonds is 8. The van der Waals surface area contributed by atoms with Crippen molar-refractivity contribution in [2.45, 2.75) is 39.0 Å². The van der Waals surface area contributed by atoms with Crippen LogP contribution in [0.2, 0.25) is 0 Å². The summed E-state index contributed by atoms with van der Waals surface area (Å²) in [6.07, 6.45) is 3.79. The van der Waals surface area contributed by atoms with E-state index in [2.05, 4.69) is 27.3 Å². The van der Waals surface area contributed by atoms with E-state index in [1.54, 1.807) is 25.3 Å². The quantitative estimate of drug-likeness (QED) is 0.534. The van der Waals surface area contributed by atoms with Gasteiger partial charge in [-0.25, -0.2) is 4.39 Å². The number of carbonyl (C=O) groups is 1. The van der Waals surface area contributed by atoms with Crippen LogP contribution in [0.3, 0.4) is 0 Å². The topological polar surface area (TPSA) is 54.5 Å². The zero-order valence-electron chi connectivity index (χ0n) is 18.9. The molecule has 1 atom stereocenters. The molecule has 0 radical (unpaired) electrons. The molecule has 2 heterocycles. The number of piperidine rings is 1. The molecule has 3 aromatic rings. The molecule has 0 saturated carbocycles. The van der Waals surface area contributed by atoms with Crippen LogP contribution in [0.25, 0.3) is 0 Å². The van der Waals surface area contributed by atoms with Gasteiger partial charge in [-0.3, -0.25) is 14.7 Å². The van der Waals surface area contributed by atoms with Gasteiger partial charge in [-0.15, -0.1) is 0 Å². The van der Waals surface area contributed by atoms with Gasteiger partial charge in [-0.1, -0.05) is 36.4 Å².